The number of para-hydroxylation sites is 4. The summed E-state index contributed by atoms with van der Waals surface area (Å²) in [6, 6.07) is 61.5. The summed E-state index contributed by atoms with van der Waals surface area (Å²) in [6.07, 6.45) is 0. The van der Waals surface area contributed by atoms with Crippen molar-refractivity contribution < 1.29 is 0 Å². The molecule has 0 bridgehead atoms. The minimum Gasteiger partial charge on any atom is -0.310 e. The van der Waals surface area contributed by atoms with E-state index in [1.165, 1.54) is 53.8 Å². The van der Waals surface area contributed by atoms with Gasteiger partial charge in [-0.3, -0.25) is 0 Å². The maximum absolute atomic E-state index is 2.47. The molecule has 1 heterocycles. The lowest BCUT2D eigenvalue weighted by atomic mass is 9.82. The van der Waals surface area contributed by atoms with Gasteiger partial charge in [0, 0.05) is 59.7 Å². The average molecular weight is 635 g/mol. The molecule has 0 saturated carbocycles. The Morgan fingerprint density at radius 3 is 1.33 bits per heavy atom. The zero-order valence-electron chi connectivity index (χ0n) is 27.0. The first-order chi connectivity index (χ1) is 23.6. The van der Waals surface area contributed by atoms with E-state index >= 15 is 0 Å². The molecule has 9 rings (SSSR count). The Hall–Kier alpha value is -5.64. The van der Waals surface area contributed by atoms with E-state index in [9.17, 15) is 0 Å². The van der Waals surface area contributed by atoms with Gasteiger partial charge in [-0.15, -0.1) is 11.3 Å². The molecule has 1 aliphatic rings. The third-order valence-electron chi connectivity index (χ3n) is 9.81. The van der Waals surface area contributed by atoms with Crippen LogP contribution < -0.4 is 9.80 Å². The third kappa shape index (κ3) is 4.62. The fraction of sp³-hybridized carbons (Fsp3) is 0.0667. The van der Waals surface area contributed by atoms with Crippen molar-refractivity contribution in [3.8, 4) is 11.1 Å². The molecule has 0 aliphatic heterocycles. The maximum atomic E-state index is 2.47. The Morgan fingerprint density at radius 1 is 0.375 bits per heavy atom. The van der Waals surface area contributed by atoms with E-state index in [1.807, 2.05) is 11.3 Å². The number of nitrogens with zero attached hydrogens (tertiary/aromatic N) is 2. The number of rotatable bonds is 6. The van der Waals surface area contributed by atoms with Gasteiger partial charge in [0.15, 0.2) is 0 Å². The van der Waals surface area contributed by atoms with E-state index in [2.05, 4.69) is 194 Å². The van der Waals surface area contributed by atoms with Crippen molar-refractivity contribution in [2.24, 2.45) is 0 Å². The summed E-state index contributed by atoms with van der Waals surface area (Å²) in [7, 11) is 0. The number of thiophene rings is 1. The predicted octanol–water partition coefficient (Wildman–Crippen LogP) is 13.3. The summed E-state index contributed by atoms with van der Waals surface area (Å²) in [6.45, 7) is 4.76. The van der Waals surface area contributed by atoms with Gasteiger partial charge in [-0.05, 0) is 107 Å². The lowest BCUT2D eigenvalue weighted by molar-refractivity contribution is 0.661. The van der Waals surface area contributed by atoms with Gasteiger partial charge < -0.3 is 9.80 Å². The fourth-order valence-electron chi connectivity index (χ4n) is 7.46. The van der Waals surface area contributed by atoms with Gasteiger partial charge in [0.05, 0.1) is 0 Å². The highest BCUT2D eigenvalue weighted by molar-refractivity contribution is 7.25. The molecule has 1 aliphatic carbocycles. The summed E-state index contributed by atoms with van der Waals surface area (Å²) in [5.74, 6) is 0. The second-order valence-electron chi connectivity index (χ2n) is 13.0. The van der Waals surface area contributed by atoms with Crippen LogP contribution in [0.5, 0.6) is 0 Å². The SMILES string of the molecule is CC1(C)c2cc(N(c3ccccc3)c3ccccc3)ccc2-c2cc3sc4cc(N(c5ccccc5)c5ccccc5)ccc4c3cc21. The lowest BCUT2D eigenvalue weighted by Crippen LogP contribution is -2.16. The van der Waals surface area contributed by atoms with Gasteiger partial charge in [-0.25, -0.2) is 0 Å². The van der Waals surface area contributed by atoms with Crippen molar-refractivity contribution in [2.45, 2.75) is 19.3 Å². The number of hydrogen-bond donors (Lipinski definition) is 0. The topological polar surface area (TPSA) is 6.48 Å². The monoisotopic (exact) mass is 634 g/mol. The van der Waals surface area contributed by atoms with Crippen LogP contribution >= 0.6 is 11.3 Å². The molecule has 0 spiro atoms. The Labute approximate surface area is 285 Å². The Bertz CT molecular complexity index is 2330. The van der Waals surface area contributed by atoms with E-state index in [0.29, 0.717) is 0 Å². The Balaban J connectivity index is 1.16. The molecule has 0 unspecified atom stereocenters. The lowest BCUT2D eigenvalue weighted by Gasteiger charge is -2.28. The first kappa shape index (κ1) is 28.6. The molecule has 0 saturated heterocycles. The summed E-state index contributed by atoms with van der Waals surface area (Å²) in [5.41, 5.74) is 12.3. The van der Waals surface area contributed by atoms with Gasteiger partial charge in [-0.1, -0.05) is 98.8 Å². The highest BCUT2D eigenvalue weighted by Gasteiger charge is 2.37. The van der Waals surface area contributed by atoms with E-state index in [-0.39, 0.29) is 5.41 Å². The van der Waals surface area contributed by atoms with Gasteiger partial charge in [-0.2, -0.15) is 0 Å². The largest absolute Gasteiger partial charge is 0.310 e. The standard InChI is InChI=1S/C45H34N2S/c1-45(2)41-27-35(46(31-15-7-3-8-16-31)32-17-9-4-10-18-32)23-25-37(41)39-30-44-40(29-42(39)45)38-26-24-36(28-43(38)48-44)47(33-19-11-5-12-20-33)34-21-13-6-14-22-34/h3-30H,1-2H3. The summed E-state index contributed by atoms with van der Waals surface area (Å²) in [4.78, 5) is 4.70. The Kier molecular flexibility index (Phi) is 6.70. The van der Waals surface area contributed by atoms with Crippen LogP contribution in [0.1, 0.15) is 25.0 Å². The third-order valence-corrected chi connectivity index (χ3v) is 10.9. The molecule has 0 amide bonds. The molecule has 0 N–H and O–H groups in total. The molecular weight excluding hydrogens is 601 g/mol. The molecule has 0 radical (unpaired) electrons. The number of anilines is 6. The number of hydrogen-bond acceptors (Lipinski definition) is 3. The first-order valence-electron chi connectivity index (χ1n) is 16.5. The second-order valence-corrected chi connectivity index (χ2v) is 14.1. The summed E-state index contributed by atoms with van der Waals surface area (Å²) in [5, 5.41) is 2.65. The highest BCUT2D eigenvalue weighted by Crippen LogP contribution is 2.53. The fourth-order valence-corrected chi connectivity index (χ4v) is 8.62. The van der Waals surface area contributed by atoms with Crippen LogP contribution in [0, 0.1) is 0 Å². The Morgan fingerprint density at radius 2 is 0.812 bits per heavy atom. The van der Waals surface area contributed by atoms with Gasteiger partial charge >= 0.3 is 0 Å². The van der Waals surface area contributed by atoms with Crippen molar-refractivity contribution in [1.29, 1.82) is 0 Å². The zero-order valence-corrected chi connectivity index (χ0v) is 27.8. The van der Waals surface area contributed by atoms with Crippen molar-refractivity contribution in [2.75, 3.05) is 9.80 Å². The van der Waals surface area contributed by atoms with Crippen LogP contribution in [0.2, 0.25) is 0 Å². The number of benzene rings is 7. The average Bonchev–Trinajstić information content (AvgIpc) is 3.60. The minimum absolute atomic E-state index is 0.139. The van der Waals surface area contributed by atoms with Crippen LogP contribution in [-0.4, -0.2) is 0 Å². The quantitative estimate of drug-likeness (QED) is 0.180. The van der Waals surface area contributed by atoms with Crippen LogP contribution in [0.3, 0.4) is 0 Å². The van der Waals surface area contributed by atoms with E-state index in [1.54, 1.807) is 0 Å². The zero-order chi connectivity index (χ0) is 32.2. The molecule has 48 heavy (non-hydrogen) atoms. The second kappa shape index (κ2) is 11.3. The molecule has 1 aromatic heterocycles. The van der Waals surface area contributed by atoms with Crippen LogP contribution in [0.4, 0.5) is 34.1 Å². The van der Waals surface area contributed by atoms with Gasteiger partial charge in [0.2, 0.25) is 0 Å². The van der Waals surface area contributed by atoms with Crippen molar-refractivity contribution in [1.82, 2.24) is 0 Å². The van der Waals surface area contributed by atoms with Crippen molar-refractivity contribution >= 4 is 65.6 Å². The van der Waals surface area contributed by atoms with Gasteiger partial charge in [0.1, 0.15) is 0 Å². The van der Waals surface area contributed by atoms with E-state index < -0.39 is 0 Å². The van der Waals surface area contributed by atoms with Crippen LogP contribution in [-0.2, 0) is 5.41 Å². The van der Waals surface area contributed by atoms with E-state index in [4.69, 9.17) is 0 Å². The number of fused-ring (bicyclic) bond motifs is 6. The smallest absolute Gasteiger partial charge is 0.0476 e. The molecule has 230 valence electrons. The molecule has 8 aromatic rings. The minimum atomic E-state index is -0.139. The van der Waals surface area contributed by atoms with E-state index in [0.717, 1.165) is 22.7 Å². The molecule has 7 aromatic carbocycles. The first-order valence-corrected chi connectivity index (χ1v) is 17.3. The molecule has 0 fully saturated rings. The van der Waals surface area contributed by atoms with Crippen LogP contribution in [0.25, 0.3) is 31.3 Å². The van der Waals surface area contributed by atoms with Crippen molar-refractivity contribution in [3.63, 3.8) is 0 Å². The summed E-state index contributed by atoms with van der Waals surface area (Å²) < 4.78 is 2.63. The van der Waals surface area contributed by atoms with Gasteiger partial charge in [0.25, 0.3) is 0 Å². The maximum Gasteiger partial charge on any atom is 0.0476 e. The molecular formula is C45H34N2S. The molecule has 3 heteroatoms. The van der Waals surface area contributed by atoms with Crippen molar-refractivity contribution in [3.05, 3.63) is 181 Å². The van der Waals surface area contributed by atoms with Crippen LogP contribution in [0.15, 0.2) is 170 Å². The molecule has 2 nitrogen and oxygen atoms in total. The normalized spacial score (nSPS) is 13.0. The predicted molar refractivity (Wildman–Crippen MR) is 206 cm³/mol. The summed E-state index contributed by atoms with van der Waals surface area (Å²) >= 11 is 1.89. The highest BCUT2D eigenvalue weighted by atomic mass is 32.1. The molecule has 0 atom stereocenters.